The first-order chi connectivity index (χ1) is 14.3. The van der Waals surface area contributed by atoms with Gasteiger partial charge in [-0.1, -0.05) is 112 Å². The second-order valence-corrected chi connectivity index (χ2v) is 9.71. The van der Waals surface area contributed by atoms with Crippen molar-refractivity contribution >= 4 is 30.1 Å². The molecule has 0 fully saturated rings. The van der Waals surface area contributed by atoms with Crippen molar-refractivity contribution in [3.8, 4) is 0 Å². The van der Waals surface area contributed by atoms with Gasteiger partial charge in [-0.15, -0.1) is 8.58 Å². The SMILES string of the molecule is CCCC(PC(CCC)c1cccc2ccccc12)c1cccc2ccccc12. The van der Waals surface area contributed by atoms with Gasteiger partial charge in [0.15, 0.2) is 0 Å². The van der Waals surface area contributed by atoms with Crippen molar-refractivity contribution in [3.63, 3.8) is 0 Å². The van der Waals surface area contributed by atoms with Crippen LogP contribution in [0.4, 0.5) is 0 Å². The molecule has 0 aliphatic heterocycles. The predicted molar refractivity (Wildman–Crippen MR) is 132 cm³/mol. The molecule has 0 amide bonds. The van der Waals surface area contributed by atoms with Gasteiger partial charge in [-0.25, -0.2) is 0 Å². The third kappa shape index (κ3) is 4.39. The van der Waals surface area contributed by atoms with Crippen molar-refractivity contribution in [2.45, 2.75) is 50.8 Å². The highest BCUT2D eigenvalue weighted by Crippen LogP contribution is 2.52. The fraction of sp³-hybridized carbons (Fsp3) is 0.286. The Morgan fingerprint density at radius 1 is 0.552 bits per heavy atom. The van der Waals surface area contributed by atoms with Crippen LogP contribution in [0.15, 0.2) is 84.9 Å². The molecule has 29 heavy (non-hydrogen) atoms. The topological polar surface area (TPSA) is 0 Å². The van der Waals surface area contributed by atoms with E-state index in [4.69, 9.17) is 0 Å². The molecule has 0 aliphatic rings. The maximum atomic E-state index is 2.38. The zero-order valence-electron chi connectivity index (χ0n) is 17.6. The summed E-state index contributed by atoms with van der Waals surface area (Å²) in [6, 6.07) is 31.5. The van der Waals surface area contributed by atoms with E-state index < -0.39 is 0 Å². The van der Waals surface area contributed by atoms with Crippen LogP contribution in [0.1, 0.15) is 62.0 Å². The largest absolute Gasteiger partial charge is 0.107 e. The van der Waals surface area contributed by atoms with E-state index in [0.29, 0.717) is 11.3 Å². The van der Waals surface area contributed by atoms with Gasteiger partial charge in [0.25, 0.3) is 0 Å². The molecule has 2 unspecified atom stereocenters. The van der Waals surface area contributed by atoms with Gasteiger partial charge in [-0.2, -0.15) is 0 Å². The zero-order chi connectivity index (χ0) is 20.1. The van der Waals surface area contributed by atoms with E-state index in [1.807, 2.05) is 0 Å². The molecule has 4 rings (SSSR count). The highest BCUT2D eigenvalue weighted by atomic mass is 31.1. The van der Waals surface area contributed by atoms with Crippen molar-refractivity contribution in [2.24, 2.45) is 0 Å². The average Bonchev–Trinajstić information content (AvgIpc) is 2.77. The van der Waals surface area contributed by atoms with Crippen molar-refractivity contribution in [1.82, 2.24) is 0 Å². The minimum atomic E-state index is 0.626. The molecule has 0 bridgehead atoms. The van der Waals surface area contributed by atoms with Gasteiger partial charge in [-0.05, 0) is 45.5 Å². The van der Waals surface area contributed by atoms with Gasteiger partial charge in [0.1, 0.15) is 0 Å². The first kappa shape index (κ1) is 20.1. The van der Waals surface area contributed by atoms with Crippen LogP contribution >= 0.6 is 8.58 Å². The molecule has 4 aromatic rings. The fourth-order valence-corrected chi connectivity index (χ4v) is 6.85. The molecule has 1 heteroatoms. The lowest BCUT2D eigenvalue weighted by molar-refractivity contribution is 0.740. The molecule has 0 nitrogen and oxygen atoms in total. The Hall–Kier alpha value is -2.17. The van der Waals surface area contributed by atoms with Crippen LogP contribution in [0, 0.1) is 0 Å². The Balaban J connectivity index is 1.75. The lowest BCUT2D eigenvalue weighted by Crippen LogP contribution is -2.00. The average molecular weight is 399 g/mol. The van der Waals surface area contributed by atoms with Crippen LogP contribution < -0.4 is 0 Å². The van der Waals surface area contributed by atoms with E-state index in [0.717, 1.165) is 8.58 Å². The van der Waals surface area contributed by atoms with Crippen molar-refractivity contribution in [3.05, 3.63) is 96.1 Å². The summed E-state index contributed by atoms with van der Waals surface area (Å²) in [4.78, 5) is 0. The molecule has 0 saturated carbocycles. The summed E-state index contributed by atoms with van der Waals surface area (Å²) >= 11 is 0. The Labute approximate surface area is 177 Å². The highest BCUT2D eigenvalue weighted by molar-refractivity contribution is 7.39. The maximum Gasteiger partial charge on any atom is 0.00257 e. The summed E-state index contributed by atoms with van der Waals surface area (Å²) in [6.07, 6.45) is 4.99. The first-order valence-corrected chi connectivity index (χ1v) is 12.2. The number of benzene rings is 4. The smallest absolute Gasteiger partial charge is 0.00257 e. The van der Waals surface area contributed by atoms with E-state index in [1.165, 1.54) is 47.2 Å². The monoisotopic (exact) mass is 398 g/mol. The lowest BCUT2D eigenvalue weighted by atomic mass is 9.99. The molecule has 0 aliphatic carbocycles. The summed E-state index contributed by atoms with van der Waals surface area (Å²) in [7, 11) is 0.910. The summed E-state index contributed by atoms with van der Waals surface area (Å²) in [5, 5.41) is 5.62. The third-order valence-electron chi connectivity index (χ3n) is 5.95. The van der Waals surface area contributed by atoms with Crippen LogP contribution in [0.5, 0.6) is 0 Å². The van der Waals surface area contributed by atoms with Crippen LogP contribution in [-0.4, -0.2) is 0 Å². The Morgan fingerprint density at radius 3 is 1.41 bits per heavy atom. The Kier molecular flexibility index (Phi) is 6.63. The maximum absolute atomic E-state index is 2.38. The third-order valence-corrected chi connectivity index (χ3v) is 7.96. The number of rotatable bonds is 8. The molecular formula is C28H31P. The molecular weight excluding hydrogens is 367 g/mol. The number of hydrogen-bond donors (Lipinski definition) is 0. The summed E-state index contributed by atoms with van der Waals surface area (Å²) < 4.78 is 0. The van der Waals surface area contributed by atoms with E-state index in [9.17, 15) is 0 Å². The quantitative estimate of drug-likeness (QED) is 0.260. The van der Waals surface area contributed by atoms with Crippen molar-refractivity contribution in [2.75, 3.05) is 0 Å². The second kappa shape index (κ2) is 9.55. The van der Waals surface area contributed by atoms with Gasteiger partial charge >= 0.3 is 0 Å². The normalized spacial score (nSPS) is 14.0. The van der Waals surface area contributed by atoms with Gasteiger partial charge in [0.2, 0.25) is 0 Å². The molecule has 0 saturated heterocycles. The Morgan fingerprint density at radius 2 is 0.966 bits per heavy atom. The predicted octanol–water partition coefficient (Wildman–Crippen LogP) is 9.05. The van der Waals surface area contributed by atoms with Gasteiger partial charge in [-0.3, -0.25) is 0 Å². The molecule has 0 N–H and O–H groups in total. The van der Waals surface area contributed by atoms with Crippen LogP contribution in [0.25, 0.3) is 21.5 Å². The Bertz CT molecular complexity index is 984. The van der Waals surface area contributed by atoms with Crippen molar-refractivity contribution < 1.29 is 0 Å². The van der Waals surface area contributed by atoms with E-state index in [-0.39, 0.29) is 0 Å². The van der Waals surface area contributed by atoms with E-state index >= 15 is 0 Å². The van der Waals surface area contributed by atoms with Crippen LogP contribution in [0.3, 0.4) is 0 Å². The molecule has 0 heterocycles. The lowest BCUT2D eigenvalue weighted by Gasteiger charge is -2.26. The van der Waals surface area contributed by atoms with Crippen LogP contribution in [-0.2, 0) is 0 Å². The fourth-order valence-electron chi connectivity index (χ4n) is 4.59. The summed E-state index contributed by atoms with van der Waals surface area (Å²) in [5.41, 5.74) is 4.34. The van der Waals surface area contributed by atoms with Gasteiger partial charge in [0, 0.05) is 11.3 Å². The second-order valence-electron chi connectivity index (χ2n) is 7.99. The molecule has 0 aromatic heterocycles. The minimum Gasteiger partial charge on any atom is -0.107 e. The van der Waals surface area contributed by atoms with Crippen LogP contribution in [0.2, 0.25) is 0 Å². The number of fused-ring (bicyclic) bond motifs is 2. The molecule has 2 atom stereocenters. The zero-order valence-corrected chi connectivity index (χ0v) is 18.6. The van der Waals surface area contributed by atoms with E-state index in [2.05, 4.69) is 98.8 Å². The summed E-state index contributed by atoms with van der Waals surface area (Å²) in [5.74, 6) is 0. The minimum absolute atomic E-state index is 0.626. The molecule has 4 aromatic carbocycles. The highest BCUT2D eigenvalue weighted by Gasteiger charge is 2.21. The van der Waals surface area contributed by atoms with Crippen molar-refractivity contribution in [1.29, 1.82) is 0 Å². The molecule has 0 spiro atoms. The summed E-state index contributed by atoms with van der Waals surface area (Å²) in [6.45, 7) is 4.66. The first-order valence-electron chi connectivity index (χ1n) is 11.0. The molecule has 0 radical (unpaired) electrons. The van der Waals surface area contributed by atoms with Gasteiger partial charge < -0.3 is 0 Å². The van der Waals surface area contributed by atoms with E-state index in [1.54, 1.807) is 11.1 Å². The number of hydrogen-bond acceptors (Lipinski definition) is 0. The standard InChI is InChI=1S/C28H31P/c1-3-11-27(25-19-9-15-21-13-5-7-17-23(21)25)29-28(12-4-2)26-20-10-16-22-14-6-8-18-24(22)26/h5-10,13-20,27-29H,3-4,11-12H2,1-2H3. The molecule has 148 valence electrons. The van der Waals surface area contributed by atoms with Gasteiger partial charge in [0.05, 0.1) is 0 Å².